The Labute approximate surface area is 216 Å². The third-order valence-corrected chi connectivity index (χ3v) is 5.84. The zero-order valence-electron chi connectivity index (χ0n) is 20.9. The van der Waals surface area contributed by atoms with E-state index in [0.29, 0.717) is 12.2 Å². The third kappa shape index (κ3) is 9.15. The molecule has 13 heteroatoms. The Bertz CT molecular complexity index is 1090. The number of nitrogens with zero attached hydrogens (tertiary/aromatic N) is 2. The van der Waals surface area contributed by atoms with Gasteiger partial charge in [0, 0.05) is 23.4 Å². The molecule has 0 unspecified atom stereocenters. The molecule has 2 rings (SSSR count). The van der Waals surface area contributed by atoms with Crippen molar-refractivity contribution in [1.29, 1.82) is 0 Å². The molecule has 2 aromatic rings. The standard InChI is InChI=1S/C24H28F6N4O2S/c1-22(2,3)20(32-21(37)31-18-6-8-19(9-7-18)33(35)36)14-34(4,5)13-15-10-16(23(25,26)27)12-17(11-15)24(28,29)30/h6-12,20H,13-14H2,1-5H3,(H-,31,32,37)/p+1/t20-/m1/s1. The number of rotatable bonds is 7. The van der Waals surface area contributed by atoms with E-state index in [2.05, 4.69) is 10.6 Å². The average molecular weight is 552 g/mol. The summed E-state index contributed by atoms with van der Waals surface area (Å²) in [5.41, 5.74) is -2.77. The Hall–Kier alpha value is -2.93. The number of alkyl halides is 6. The van der Waals surface area contributed by atoms with E-state index in [9.17, 15) is 36.5 Å². The summed E-state index contributed by atoms with van der Waals surface area (Å²) < 4.78 is 79.8. The summed E-state index contributed by atoms with van der Waals surface area (Å²) in [6.45, 7) is 5.98. The van der Waals surface area contributed by atoms with Crippen LogP contribution < -0.4 is 10.6 Å². The van der Waals surface area contributed by atoms with E-state index in [1.807, 2.05) is 20.8 Å². The highest BCUT2D eigenvalue weighted by Crippen LogP contribution is 2.37. The van der Waals surface area contributed by atoms with Gasteiger partial charge in [-0.2, -0.15) is 26.3 Å². The third-order valence-electron chi connectivity index (χ3n) is 5.62. The second-order valence-corrected chi connectivity index (χ2v) is 10.9. The molecule has 0 saturated carbocycles. The van der Waals surface area contributed by atoms with Gasteiger partial charge in [-0.3, -0.25) is 10.1 Å². The molecule has 0 heterocycles. The van der Waals surface area contributed by atoms with Crippen molar-refractivity contribution in [2.24, 2.45) is 5.41 Å². The molecule has 37 heavy (non-hydrogen) atoms. The fourth-order valence-electron chi connectivity index (χ4n) is 3.69. The molecule has 204 valence electrons. The summed E-state index contributed by atoms with van der Waals surface area (Å²) in [4.78, 5) is 10.3. The molecule has 0 aliphatic rings. The maximum atomic E-state index is 13.3. The number of hydrogen-bond donors (Lipinski definition) is 2. The summed E-state index contributed by atoms with van der Waals surface area (Å²) in [6.07, 6.45) is -9.84. The highest BCUT2D eigenvalue weighted by Gasteiger charge is 2.38. The molecule has 2 aromatic carbocycles. The van der Waals surface area contributed by atoms with E-state index in [1.54, 1.807) is 14.1 Å². The molecule has 2 N–H and O–H groups in total. The lowest BCUT2D eigenvalue weighted by Crippen LogP contribution is -2.56. The molecule has 1 atom stereocenters. The molecule has 6 nitrogen and oxygen atoms in total. The number of nitro groups is 1. The molecular formula is C24H29F6N4O2S+. The van der Waals surface area contributed by atoms with Gasteiger partial charge in [0.05, 0.1) is 42.7 Å². The van der Waals surface area contributed by atoms with Crippen molar-refractivity contribution < 1.29 is 35.7 Å². The first-order chi connectivity index (χ1) is 16.7. The summed E-state index contributed by atoms with van der Waals surface area (Å²) in [5, 5.41) is 17.1. The molecule has 0 radical (unpaired) electrons. The number of benzene rings is 2. The predicted molar refractivity (Wildman–Crippen MR) is 133 cm³/mol. The normalized spacial score (nSPS) is 13.7. The van der Waals surface area contributed by atoms with Gasteiger partial charge in [0.2, 0.25) is 0 Å². The molecule has 0 spiro atoms. The van der Waals surface area contributed by atoms with Crippen LogP contribution in [0, 0.1) is 15.5 Å². The van der Waals surface area contributed by atoms with Crippen LogP contribution in [-0.2, 0) is 18.9 Å². The van der Waals surface area contributed by atoms with Gasteiger partial charge >= 0.3 is 12.4 Å². The van der Waals surface area contributed by atoms with Crippen LogP contribution in [0.5, 0.6) is 0 Å². The van der Waals surface area contributed by atoms with Gasteiger partial charge in [-0.15, -0.1) is 0 Å². The number of nitrogens with one attached hydrogen (secondary N) is 2. The Morgan fingerprint density at radius 3 is 1.86 bits per heavy atom. The summed E-state index contributed by atoms with van der Waals surface area (Å²) in [5.74, 6) is 0. The van der Waals surface area contributed by atoms with Crippen LogP contribution in [0.4, 0.5) is 37.7 Å². The van der Waals surface area contributed by atoms with Crippen molar-refractivity contribution in [1.82, 2.24) is 5.32 Å². The van der Waals surface area contributed by atoms with Gasteiger partial charge in [-0.05, 0) is 48.0 Å². The van der Waals surface area contributed by atoms with Gasteiger partial charge < -0.3 is 15.1 Å². The maximum Gasteiger partial charge on any atom is 0.416 e. The first-order valence-electron chi connectivity index (χ1n) is 11.1. The van der Waals surface area contributed by atoms with E-state index >= 15 is 0 Å². The van der Waals surface area contributed by atoms with Crippen molar-refractivity contribution in [3.8, 4) is 0 Å². The second kappa shape index (κ2) is 10.8. The van der Waals surface area contributed by atoms with Gasteiger partial charge in [0.15, 0.2) is 5.11 Å². The fourth-order valence-corrected chi connectivity index (χ4v) is 3.95. The van der Waals surface area contributed by atoms with Gasteiger partial charge in [-0.25, -0.2) is 0 Å². The van der Waals surface area contributed by atoms with Crippen LogP contribution in [0.25, 0.3) is 0 Å². The van der Waals surface area contributed by atoms with Crippen LogP contribution >= 0.6 is 12.2 Å². The van der Waals surface area contributed by atoms with Crippen LogP contribution in [0.15, 0.2) is 42.5 Å². The fraction of sp³-hybridized carbons (Fsp3) is 0.458. The van der Waals surface area contributed by atoms with Crippen LogP contribution in [0.2, 0.25) is 0 Å². The van der Waals surface area contributed by atoms with Crippen molar-refractivity contribution in [2.75, 3.05) is 26.0 Å². The number of anilines is 1. The summed E-state index contributed by atoms with van der Waals surface area (Å²) >= 11 is 5.39. The SMILES string of the molecule is CC(C)(C)[C@@H](C[N+](C)(C)Cc1cc(C(F)(F)F)cc(C(F)(F)F)c1)NC(=S)Nc1ccc([N+](=O)[O-])cc1. The number of hydrogen-bond acceptors (Lipinski definition) is 3. The zero-order chi connectivity index (χ0) is 28.4. The predicted octanol–water partition coefficient (Wildman–Crippen LogP) is 6.61. The molecular weight excluding hydrogens is 522 g/mol. The van der Waals surface area contributed by atoms with Crippen LogP contribution in [0.3, 0.4) is 0 Å². The average Bonchev–Trinajstić information content (AvgIpc) is 2.71. The number of thiocarbonyl (C=S) groups is 1. The Morgan fingerprint density at radius 1 is 0.973 bits per heavy atom. The first kappa shape index (κ1) is 30.3. The highest BCUT2D eigenvalue weighted by atomic mass is 32.1. The highest BCUT2D eigenvalue weighted by molar-refractivity contribution is 7.80. The molecule has 0 aliphatic heterocycles. The molecule has 0 bridgehead atoms. The van der Waals surface area contributed by atoms with Crippen LogP contribution in [0.1, 0.15) is 37.5 Å². The lowest BCUT2D eigenvalue weighted by atomic mass is 9.86. The molecule has 0 fully saturated rings. The van der Waals surface area contributed by atoms with E-state index in [1.165, 1.54) is 24.3 Å². The lowest BCUT2D eigenvalue weighted by Gasteiger charge is -2.39. The largest absolute Gasteiger partial charge is 0.416 e. The van der Waals surface area contributed by atoms with Crippen molar-refractivity contribution in [3.05, 3.63) is 69.3 Å². The minimum absolute atomic E-state index is 0.0632. The molecule has 0 aliphatic carbocycles. The molecule has 0 amide bonds. The van der Waals surface area contributed by atoms with Crippen molar-refractivity contribution in [2.45, 2.75) is 45.7 Å². The van der Waals surface area contributed by atoms with E-state index in [4.69, 9.17) is 12.2 Å². The number of nitro benzene ring substituents is 1. The Balaban J connectivity index is 2.23. The topological polar surface area (TPSA) is 67.2 Å². The van der Waals surface area contributed by atoms with Crippen molar-refractivity contribution >= 4 is 28.7 Å². The lowest BCUT2D eigenvalue weighted by molar-refractivity contribution is -0.905. The zero-order valence-corrected chi connectivity index (χ0v) is 21.7. The summed E-state index contributed by atoms with van der Waals surface area (Å²) in [6, 6.07) is 6.88. The number of quaternary nitrogens is 1. The summed E-state index contributed by atoms with van der Waals surface area (Å²) in [7, 11) is 3.42. The second-order valence-electron chi connectivity index (χ2n) is 10.5. The smallest absolute Gasteiger partial charge is 0.354 e. The molecule has 0 aromatic heterocycles. The Morgan fingerprint density at radius 2 is 1.46 bits per heavy atom. The van der Waals surface area contributed by atoms with Gasteiger partial charge in [0.25, 0.3) is 5.69 Å². The van der Waals surface area contributed by atoms with E-state index in [0.717, 1.165) is 12.1 Å². The van der Waals surface area contributed by atoms with Crippen LogP contribution in [-0.4, -0.2) is 41.2 Å². The van der Waals surface area contributed by atoms with E-state index in [-0.39, 0.29) is 39.5 Å². The van der Waals surface area contributed by atoms with Gasteiger partial charge in [0.1, 0.15) is 6.54 Å². The molecule has 0 saturated heterocycles. The number of halogens is 6. The minimum Gasteiger partial charge on any atom is -0.354 e. The number of likely N-dealkylation sites (N-methyl/N-ethyl adjacent to an activating group) is 1. The monoisotopic (exact) mass is 551 g/mol. The van der Waals surface area contributed by atoms with E-state index < -0.39 is 33.8 Å². The Kier molecular flexibility index (Phi) is 8.86. The van der Waals surface area contributed by atoms with Crippen molar-refractivity contribution in [3.63, 3.8) is 0 Å². The first-order valence-corrected chi connectivity index (χ1v) is 11.5. The minimum atomic E-state index is -4.92. The number of non-ortho nitro benzene ring substituents is 1. The maximum absolute atomic E-state index is 13.3. The van der Waals surface area contributed by atoms with Gasteiger partial charge in [-0.1, -0.05) is 20.8 Å². The quantitative estimate of drug-likeness (QED) is 0.133.